The van der Waals surface area contributed by atoms with Crippen LogP contribution in [0.1, 0.15) is 23.2 Å². The van der Waals surface area contributed by atoms with Gasteiger partial charge in [-0.05, 0) is 55.8 Å². The van der Waals surface area contributed by atoms with E-state index >= 15 is 0 Å². The highest BCUT2D eigenvalue weighted by atomic mass is 35.5. The van der Waals surface area contributed by atoms with Gasteiger partial charge in [-0.1, -0.05) is 22.9 Å². The molecular weight excluding hydrogens is 521 g/mol. The number of thiazole rings is 1. The van der Waals surface area contributed by atoms with Crippen molar-refractivity contribution >= 4 is 79.5 Å². The summed E-state index contributed by atoms with van der Waals surface area (Å²) >= 11 is 7.57. The van der Waals surface area contributed by atoms with Gasteiger partial charge in [-0.15, -0.1) is 12.4 Å². The van der Waals surface area contributed by atoms with Crippen LogP contribution in [0.5, 0.6) is 0 Å². The molecule has 3 heterocycles. The quantitative estimate of drug-likeness (QED) is 0.337. The molecule has 4 aromatic rings. The SMILES string of the molecule is CN(C(=O)CNC(=O)c1ccc2c(c1)nc(Nc1nc3ccc(Cl)cc3s1)n2C)C1CCCNC1.Cl. The number of halogens is 2. The Balaban J connectivity index is 0.00000304. The molecule has 5 rings (SSSR count). The fraction of sp³-hybridized carbons (Fsp3) is 0.333. The molecule has 1 unspecified atom stereocenters. The van der Waals surface area contributed by atoms with Crippen LogP contribution < -0.4 is 16.0 Å². The zero-order valence-corrected chi connectivity index (χ0v) is 22.3. The number of hydrogen-bond acceptors (Lipinski definition) is 7. The topological polar surface area (TPSA) is 104 Å². The number of benzene rings is 2. The van der Waals surface area contributed by atoms with Gasteiger partial charge in [-0.2, -0.15) is 0 Å². The Bertz CT molecular complexity index is 1410. The Morgan fingerprint density at radius 3 is 2.83 bits per heavy atom. The first-order chi connectivity index (χ1) is 16.9. The van der Waals surface area contributed by atoms with Crippen molar-refractivity contribution in [1.29, 1.82) is 0 Å². The maximum atomic E-state index is 12.7. The third kappa shape index (κ3) is 5.41. The summed E-state index contributed by atoms with van der Waals surface area (Å²) in [6.45, 7) is 1.73. The highest BCUT2D eigenvalue weighted by molar-refractivity contribution is 7.22. The van der Waals surface area contributed by atoms with Crippen molar-refractivity contribution in [3.05, 3.63) is 47.0 Å². The summed E-state index contributed by atoms with van der Waals surface area (Å²) in [5.41, 5.74) is 2.85. The van der Waals surface area contributed by atoms with E-state index in [-0.39, 0.29) is 36.8 Å². The van der Waals surface area contributed by atoms with Crippen LogP contribution in [0.4, 0.5) is 11.1 Å². The number of piperidine rings is 1. The summed E-state index contributed by atoms with van der Waals surface area (Å²) in [7, 11) is 3.69. The van der Waals surface area contributed by atoms with Crippen molar-refractivity contribution in [3.63, 3.8) is 0 Å². The average Bonchev–Trinajstić information content (AvgIpc) is 3.41. The lowest BCUT2D eigenvalue weighted by Crippen LogP contribution is -2.49. The largest absolute Gasteiger partial charge is 0.343 e. The normalized spacial score (nSPS) is 15.5. The first-order valence-electron chi connectivity index (χ1n) is 11.4. The monoisotopic (exact) mass is 547 g/mol. The van der Waals surface area contributed by atoms with Crippen molar-refractivity contribution < 1.29 is 9.59 Å². The molecule has 0 saturated carbocycles. The zero-order valence-electron chi connectivity index (χ0n) is 19.9. The molecule has 0 bridgehead atoms. The Morgan fingerprint density at radius 2 is 2.06 bits per heavy atom. The molecule has 12 heteroatoms. The van der Waals surface area contributed by atoms with Gasteiger partial charge in [0.1, 0.15) is 0 Å². The van der Waals surface area contributed by atoms with E-state index in [1.807, 2.05) is 35.9 Å². The number of hydrogen-bond donors (Lipinski definition) is 3. The van der Waals surface area contributed by atoms with Crippen LogP contribution in [0.25, 0.3) is 21.3 Å². The molecule has 1 atom stereocenters. The Hall–Kier alpha value is -2.92. The van der Waals surface area contributed by atoms with Crippen LogP contribution in [0, 0.1) is 0 Å². The first-order valence-corrected chi connectivity index (χ1v) is 12.6. The predicted molar refractivity (Wildman–Crippen MR) is 147 cm³/mol. The van der Waals surface area contributed by atoms with E-state index in [1.54, 1.807) is 24.1 Å². The van der Waals surface area contributed by atoms with E-state index in [4.69, 9.17) is 11.6 Å². The Labute approximate surface area is 223 Å². The minimum atomic E-state index is -0.307. The lowest BCUT2D eigenvalue weighted by molar-refractivity contribution is -0.131. The number of anilines is 2. The second-order valence-corrected chi connectivity index (χ2v) is 10.1. The van der Waals surface area contributed by atoms with Crippen LogP contribution in [0.3, 0.4) is 0 Å². The van der Waals surface area contributed by atoms with Gasteiger partial charge in [0.2, 0.25) is 11.9 Å². The highest BCUT2D eigenvalue weighted by Gasteiger charge is 2.22. The lowest BCUT2D eigenvalue weighted by Gasteiger charge is -2.31. The minimum Gasteiger partial charge on any atom is -0.343 e. The molecule has 2 amide bonds. The van der Waals surface area contributed by atoms with Crippen molar-refractivity contribution in [2.75, 3.05) is 32.0 Å². The molecule has 1 fully saturated rings. The molecule has 0 spiro atoms. The van der Waals surface area contributed by atoms with Gasteiger partial charge in [-0.25, -0.2) is 9.97 Å². The predicted octanol–water partition coefficient (Wildman–Crippen LogP) is 3.94. The maximum Gasteiger partial charge on any atom is 0.251 e. The number of aryl methyl sites for hydroxylation is 1. The summed E-state index contributed by atoms with van der Waals surface area (Å²) in [6, 6.07) is 11.1. The van der Waals surface area contributed by atoms with Gasteiger partial charge in [-0.3, -0.25) is 9.59 Å². The van der Waals surface area contributed by atoms with Crippen molar-refractivity contribution in [1.82, 2.24) is 30.1 Å². The number of rotatable bonds is 6. The number of nitrogens with one attached hydrogen (secondary N) is 3. The molecule has 0 radical (unpaired) electrons. The number of imidazole rings is 1. The van der Waals surface area contributed by atoms with E-state index in [9.17, 15) is 9.59 Å². The number of amides is 2. The van der Waals surface area contributed by atoms with Gasteiger partial charge in [0, 0.05) is 37.3 Å². The Morgan fingerprint density at radius 1 is 1.22 bits per heavy atom. The van der Waals surface area contributed by atoms with Crippen LogP contribution in [-0.4, -0.2) is 64.0 Å². The molecule has 190 valence electrons. The third-order valence-corrected chi connectivity index (χ3v) is 7.49. The van der Waals surface area contributed by atoms with Crippen LogP contribution in [-0.2, 0) is 11.8 Å². The van der Waals surface area contributed by atoms with Crippen molar-refractivity contribution in [2.45, 2.75) is 18.9 Å². The molecule has 36 heavy (non-hydrogen) atoms. The van der Waals surface area contributed by atoms with Crippen LogP contribution in [0.15, 0.2) is 36.4 Å². The molecular formula is C24H27Cl2N7O2S. The molecule has 9 nitrogen and oxygen atoms in total. The van der Waals surface area contributed by atoms with Gasteiger partial charge in [0.05, 0.1) is 27.8 Å². The van der Waals surface area contributed by atoms with Crippen molar-refractivity contribution in [2.24, 2.45) is 7.05 Å². The number of fused-ring (bicyclic) bond motifs is 2. The number of carbonyl (C=O) groups excluding carboxylic acids is 2. The highest BCUT2D eigenvalue weighted by Crippen LogP contribution is 2.31. The van der Waals surface area contributed by atoms with Gasteiger partial charge in [0.25, 0.3) is 5.91 Å². The third-order valence-electron chi connectivity index (χ3n) is 6.32. The summed E-state index contributed by atoms with van der Waals surface area (Å²) in [4.78, 5) is 36.2. The number of aromatic nitrogens is 3. The molecule has 2 aromatic carbocycles. The molecule has 2 aromatic heterocycles. The average molecular weight is 549 g/mol. The van der Waals surface area contributed by atoms with Gasteiger partial charge >= 0.3 is 0 Å². The second-order valence-electron chi connectivity index (χ2n) is 8.64. The standard InChI is InChI=1S/C24H26ClN7O2S.ClH/c1-31(16-4-3-9-26-12-16)21(33)13-27-22(34)14-5-8-19-18(10-14)28-23(32(19)2)30-24-29-17-7-6-15(25)11-20(17)35-24;/h5-8,10-11,16,26H,3-4,9,12-13H2,1-2H3,(H,27,34)(H,28,29,30);1H. The van der Waals surface area contributed by atoms with Gasteiger partial charge < -0.3 is 25.4 Å². The molecule has 3 N–H and O–H groups in total. The van der Waals surface area contributed by atoms with E-state index in [0.717, 1.165) is 41.7 Å². The molecule has 0 aliphatic carbocycles. The summed E-state index contributed by atoms with van der Waals surface area (Å²) in [6.07, 6.45) is 2.02. The van der Waals surface area contributed by atoms with E-state index in [1.165, 1.54) is 11.3 Å². The number of carbonyl (C=O) groups is 2. The molecule has 1 aliphatic heterocycles. The van der Waals surface area contributed by atoms with E-state index in [2.05, 4.69) is 25.9 Å². The fourth-order valence-corrected chi connectivity index (χ4v) is 5.39. The van der Waals surface area contributed by atoms with Crippen LogP contribution in [0.2, 0.25) is 5.02 Å². The number of nitrogens with zero attached hydrogens (tertiary/aromatic N) is 4. The fourth-order valence-electron chi connectivity index (χ4n) is 4.25. The summed E-state index contributed by atoms with van der Waals surface area (Å²) < 4.78 is 2.89. The Kier molecular flexibility index (Phi) is 7.99. The van der Waals surface area contributed by atoms with Crippen LogP contribution >= 0.6 is 35.3 Å². The maximum absolute atomic E-state index is 12.7. The zero-order chi connectivity index (χ0) is 24.5. The first kappa shape index (κ1) is 26.2. The second kappa shape index (κ2) is 11.0. The summed E-state index contributed by atoms with van der Waals surface area (Å²) in [5, 5.41) is 10.7. The van der Waals surface area contributed by atoms with E-state index in [0.29, 0.717) is 27.2 Å². The minimum absolute atomic E-state index is 0. The van der Waals surface area contributed by atoms with E-state index < -0.39 is 0 Å². The molecule has 1 aliphatic rings. The van der Waals surface area contributed by atoms with Gasteiger partial charge in [0.15, 0.2) is 5.13 Å². The van der Waals surface area contributed by atoms with Crippen molar-refractivity contribution in [3.8, 4) is 0 Å². The number of likely N-dealkylation sites (N-methyl/N-ethyl adjacent to an activating group) is 1. The lowest BCUT2D eigenvalue weighted by atomic mass is 10.1. The summed E-state index contributed by atoms with van der Waals surface area (Å²) in [5.74, 6) is 0.203. The smallest absolute Gasteiger partial charge is 0.251 e. The molecule has 1 saturated heterocycles.